The van der Waals surface area contributed by atoms with Crippen molar-refractivity contribution in [1.29, 1.82) is 0 Å². The largest absolute Gasteiger partial charge is 0.458 e. The molecule has 0 fully saturated rings. The molecule has 0 spiro atoms. The van der Waals surface area contributed by atoms with Gasteiger partial charge in [0.25, 0.3) is 0 Å². The highest BCUT2D eigenvalue weighted by molar-refractivity contribution is 5.77. The van der Waals surface area contributed by atoms with Gasteiger partial charge in [-0.2, -0.15) is 0 Å². The molecule has 0 amide bonds. The number of benzene rings is 1. The zero-order valence-corrected chi connectivity index (χ0v) is 8.07. The van der Waals surface area contributed by atoms with E-state index in [4.69, 9.17) is 14.9 Å². The molecule has 3 heteroatoms. The second kappa shape index (κ2) is 3.82. The molecule has 1 heterocycles. The van der Waals surface area contributed by atoms with E-state index in [1.165, 1.54) is 0 Å². The Labute approximate surface area is 82.5 Å². The fraction of sp³-hybridized carbons (Fsp3) is 0.273. The average Bonchev–Trinajstić information content (AvgIpc) is 2.63. The van der Waals surface area contributed by atoms with Crippen LogP contribution in [-0.4, -0.2) is 13.7 Å². The Bertz CT molecular complexity index is 385. The molecule has 1 atom stereocenters. The lowest BCUT2D eigenvalue weighted by Gasteiger charge is -2.08. The predicted octanol–water partition coefficient (Wildman–Crippen LogP) is 2.08. The molecular formula is C11H13NO2. The molecule has 0 aliphatic carbocycles. The van der Waals surface area contributed by atoms with Gasteiger partial charge in [-0.15, -0.1) is 0 Å². The standard InChI is InChI=1S/C11H13NO2/c1-13-11(7-12)10-6-8-4-2-3-5-9(8)14-10/h2-6,11H,7,12H2,1H3. The van der Waals surface area contributed by atoms with Gasteiger partial charge < -0.3 is 14.9 Å². The summed E-state index contributed by atoms with van der Waals surface area (Å²) in [4.78, 5) is 0. The van der Waals surface area contributed by atoms with E-state index in [0.29, 0.717) is 6.54 Å². The third-order valence-electron chi connectivity index (χ3n) is 2.26. The van der Waals surface area contributed by atoms with Gasteiger partial charge in [0.2, 0.25) is 0 Å². The summed E-state index contributed by atoms with van der Waals surface area (Å²) in [6, 6.07) is 9.83. The average molecular weight is 191 g/mol. The zero-order valence-electron chi connectivity index (χ0n) is 8.07. The number of ether oxygens (including phenoxy) is 1. The van der Waals surface area contributed by atoms with E-state index in [0.717, 1.165) is 16.7 Å². The van der Waals surface area contributed by atoms with Crippen LogP contribution in [0.4, 0.5) is 0 Å². The van der Waals surface area contributed by atoms with Crippen LogP contribution < -0.4 is 5.73 Å². The van der Waals surface area contributed by atoms with Crippen molar-refractivity contribution < 1.29 is 9.15 Å². The van der Waals surface area contributed by atoms with Crippen LogP contribution >= 0.6 is 0 Å². The van der Waals surface area contributed by atoms with E-state index in [-0.39, 0.29) is 6.10 Å². The molecule has 2 rings (SSSR count). The quantitative estimate of drug-likeness (QED) is 0.808. The summed E-state index contributed by atoms with van der Waals surface area (Å²) in [6.07, 6.45) is -0.151. The third kappa shape index (κ3) is 1.52. The van der Waals surface area contributed by atoms with Crippen molar-refractivity contribution in [2.24, 2.45) is 5.73 Å². The smallest absolute Gasteiger partial charge is 0.135 e. The lowest BCUT2D eigenvalue weighted by atomic mass is 10.2. The number of methoxy groups -OCH3 is 1. The van der Waals surface area contributed by atoms with Crippen LogP contribution in [0.15, 0.2) is 34.7 Å². The molecule has 0 aliphatic heterocycles. The van der Waals surface area contributed by atoms with Crippen molar-refractivity contribution in [2.75, 3.05) is 13.7 Å². The topological polar surface area (TPSA) is 48.4 Å². The van der Waals surface area contributed by atoms with Gasteiger partial charge in [-0.1, -0.05) is 18.2 Å². The Balaban J connectivity index is 2.43. The molecule has 1 aromatic heterocycles. The van der Waals surface area contributed by atoms with Crippen LogP contribution in [0.25, 0.3) is 11.0 Å². The molecule has 2 aromatic rings. The highest BCUT2D eigenvalue weighted by Crippen LogP contribution is 2.24. The van der Waals surface area contributed by atoms with Crippen LogP contribution in [0, 0.1) is 0 Å². The van der Waals surface area contributed by atoms with Gasteiger partial charge >= 0.3 is 0 Å². The molecule has 0 saturated heterocycles. The Kier molecular flexibility index (Phi) is 2.52. The van der Waals surface area contributed by atoms with Crippen LogP contribution in [0.5, 0.6) is 0 Å². The number of hydrogen-bond acceptors (Lipinski definition) is 3. The Morgan fingerprint density at radius 3 is 2.86 bits per heavy atom. The third-order valence-corrected chi connectivity index (χ3v) is 2.26. The minimum absolute atomic E-state index is 0.151. The summed E-state index contributed by atoms with van der Waals surface area (Å²) in [5.41, 5.74) is 6.43. The van der Waals surface area contributed by atoms with Crippen molar-refractivity contribution in [1.82, 2.24) is 0 Å². The summed E-state index contributed by atoms with van der Waals surface area (Å²) < 4.78 is 10.8. The highest BCUT2D eigenvalue weighted by Gasteiger charge is 2.13. The van der Waals surface area contributed by atoms with E-state index in [9.17, 15) is 0 Å². The van der Waals surface area contributed by atoms with Crippen LogP contribution in [0.3, 0.4) is 0 Å². The minimum Gasteiger partial charge on any atom is -0.458 e. The van der Waals surface area contributed by atoms with Crippen molar-refractivity contribution in [3.8, 4) is 0 Å². The van der Waals surface area contributed by atoms with Gasteiger partial charge in [-0.3, -0.25) is 0 Å². The number of furan rings is 1. The molecule has 14 heavy (non-hydrogen) atoms. The first-order valence-corrected chi connectivity index (χ1v) is 4.56. The molecule has 74 valence electrons. The van der Waals surface area contributed by atoms with Crippen LogP contribution in [0.2, 0.25) is 0 Å². The second-order valence-electron chi connectivity index (χ2n) is 3.15. The lowest BCUT2D eigenvalue weighted by Crippen LogP contribution is -2.13. The first-order chi connectivity index (χ1) is 6.85. The number of para-hydroxylation sites is 1. The van der Waals surface area contributed by atoms with E-state index in [1.807, 2.05) is 30.3 Å². The van der Waals surface area contributed by atoms with Gasteiger partial charge in [-0.05, 0) is 12.1 Å². The summed E-state index contributed by atoms with van der Waals surface area (Å²) in [5.74, 6) is 0.788. The number of rotatable bonds is 3. The number of fused-ring (bicyclic) bond motifs is 1. The summed E-state index contributed by atoms with van der Waals surface area (Å²) in [6.45, 7) is 0.427. The Morgan fingerprint density at radius 1 is 1.43 bits per heavy atom. The SMILES string of the molecule is COC(CN)c1cc2ccccc2o1. The molecule has 1 aromatic carbocycles. The Morgan fingerprint density at radius 2 is 2.21 bits per heavy atom. The first-order valence-electron chi connectivity index (χ1n) is 4.56. The maximum atomic E-state index is 5.61. The summed E-state index contributed by atoms with van der Waals surface area (Å²) in [7, 11) is 1.63. The fourth-order valence-corrected chi connectivity index (χ4v) is 1.49. The second-order valence-corrected chi connectivity index (χ2v) is 3.15. The van der Waals surface area contributed by atoms with Crippen molar-refractivity contribution in [2.45, 2.75) is 6.10 Å². The molecule has 0 bridgehead atoms. The monoisotopic (exact) mass is 191 g/mol. The van der Waals surface area contributed by atoms with Gasteiger partial charge in [0.05, 0.1) is 0 Å². The van der Waals surface area contributed by atoms with Crippen molar-refractivity contribution >= 4 is 11.0 Å². The normalized spacial score (nSPS) is 13.3. The van der Waals surface area contributed by atoms with Gasteiger partial charge in [0, 0.05) is 19.0 Å². The molecule has 0 saturated carbocycles. The Hall–Kier alpha value is -1.32. The van der Waals surface area contributed by atoms with Crippen LogP contribution in [-0.2, 0) is 4.74 Å². The predicted molar refractivity (Wildman–Crippen MR) is 55.0 cm³/mol. The molecule has 0 radical (unpaired) electrons. The molecule has 2 N–H and O–H groups in total. The van der Waals surface area contributed by atoms with E-state index < -0.39 is 0 Å². The maximum Gasteiger partial charge on any atom is 0.135 e. The fourth-order valence-electron chi connectivity index (χ4n) is 1.49. The van der Waals surface area contributed by atoms with E-state index >= 15 is 0 Å². The van der Waals surface area contributed by atoms with E-state index in [2.05, 4.69) is 0 Å². The molecule has 0 aliphatic rings. The maximum absolute atomic E-state index is 5.61. The summed E-state index contributed by atoms with van der Waals surface area (Å²) >= 11 is 0. The minimum atomic E-state index is -0.151. The lowest BCUT2D eigenvalue weighted by molar-refractivity contribution is 0.0924. The van der Waals surface area contributed by atoms with Gasteiger partial charge in [-0.25, -0.2) is 0 Å². The van der Waals surface area contributed by atoms with Gasteiger partial charge in [0.15, 0.2) is 0 Å². The van der Waals surface area contributed by atoms with Crippen LogP contribution in [0.1, 0.15) is 11.9 Å². The van der Waals surface area contributed by atoms with Crippen molar-refractivity contribution in [3.63, 3.8) is 0 Å². The van der Waals surface area contributed by atoms with Crippen molar-refractivity contribution in [3.05, 3.63) is 36.1 Å². The molecular weight excluding hydrogens is 178 g/mol. The molecule has 3 nitrogen and oxygen atoms in total. The zero-order chi connectivity index (χ0) is 9.97. The molecule has 1 unspecified atom stereocenters. The van der Waals surface area contributed by atoms with Gasteiger partial charge in [0.1, 0.15) is 17.4 Å². The first kappa shape index (κ1) is 9.24. The van der Waals surface area contributed by atoms with E-state index in [1.54, 1.807) is 7.11 Å². The summed E-state index contributed by atoms with van der Waals surface area (Å²) in [5, 5.41) is 1.08. The highest BCUT2D eigenvalue weighted by atomic mass is 16.5. The number of nitrogens with two attached hydrogens (primary N) is 1. The number of hydrogen-bond donors (Lipinski definition) is 1.